The van der Waals surface area contributed by atoms with Gasteiger partial charge in [-0.05, 0) is 80.8 Å². The number of hydrogen-bond acceptors (Lipinski definition) is 4. The molecular weight excluding hydrogens is 559 g/mol. The maximum atomic E-state index is 14.6. The Balaban J connectivity index is 1.91. The molecule has 1 saturated heterocycles. The van der Waals surface area contributed by atoms with E-state index in [0.29, 0.717) is 22.9 Å². The van der Waals surface area contributed by atoms with E-state index in [9.17, 15) is 23.1 Å². The van der Waals surface area contributed by atoms with Crippen molar-refractivity contribution in [3.63, 3.8) is 0 Å². The molecule has 2 fully saturated rings. The van der Waals surface area contributed by atoms with E-state index < -0.39 is 38.7 Å². The first-order valence-corrected chi connectivity index (χ1v) is 15.7. The van der Waals surface area contributed by atoms with Gasteiger partial charge >= 0.3 is 5.97 Å². The quantitative estimate of drug-likeness (QED) is 0.330. The fourth-order valence-electron chi connectivity index (χ4n) is 5.86. The molecule has 1 heterocycles. The lowest BCUT2D eigenvalue weighted by Gasteiger charge is -2.53. The minimum absolute atomic E-state index is 0.0656. The maximum absolute atomic E-state index is 14.6. The summed E-state index contributed by atoms with van der Waals surface area (Å²) in [6.45, 7) is 5.14. The zero-order valence-electron chi connectivity index (χ0n) is 22.4. The number of halogens is 2. The zero-order valence-corrected chi connectivity index (χ0v) is 24.8. The van der Waals surface area contributed by atoms with Crippen LogP contribution in [-0.2, 0) is 19.6 Å². The Bertz CT molecular complexity index is 1310. The third-order valence-electron chi connectivity index (χ3n) is 8.27. The van der Waals surface area contributed by atoms with Crippen molar-refractivity contribution in [1.29, 1.82) is 0 Å². The number of carbonyl (C=O) groups excluding carboxylic acids is 1. The number of hydrogen-bond donors (Lipinski definition) is 2. The van der Waals surface area contributed by atoms with E-state index in [1.807, 2.05) is 42.2 Å². The number of sulfonamides is 1. The van der Waals surface area contributed by atoms with Gasteiger partial charge in [-0.3, -0.25) is 9.59 Å². The van der Waals surface area contributed by atoms with Crippen molar-refractivity contribution >= 4 is 45.1 Å². The van der Waals surface area contributed by atoms with Crippen molar-refractivity contribution in [2.45, 2.75) is 76.1 Å². The maximum Gasteiger partial charge on any atom is 0.304 e. The van der Waals surface area contributed by atoms with Gasteiger partial charge in [-0.15, -0.1) is 0 Å². The van der Waals surface area contributed by atoms with Gasteiger partial charge in [-0.1, -0.05) is 54.4 Å². The zero-order chi connectivity index (χ0) is 28.5. The molecule has 0 aromatic heterocycles. The van der Waals surface area contributed by atoms with Crippen molar-refractivity contribution in [2.75, 3.05) is 6.54 Å². The second-order valence-corrected chi connectivity index (χ2v) is 14.3. The van der Waals surface area contributed by atoms with Crippen LogP contribution in [0.2, 0.25) is 10.0 Å². The number of aliphatic carboxylic acids is 1. The standard InChI is InChI=1S/C29H36Cl2N2O5S/c1-4-29(16-26(34)35)15-24(21-6-5-7-23(31)14-21)27(20-10-12-22(30)13-11-20)33(28(29)36)25(19-8-9-19)17-32-39(37,38)18(2)3/h5-7,10-14,18-19,24-25,27,32H,4,8-9,15-17H2,1-3H3,(H,34,35)/t24-,25-,27-,29-/m1/s1. The van der Waals surface area contributed by atoms with Crippen LogP contribution in [-0.4, -0.2) is 48.1 Å². The SMILES string of the molecule is CC[C@]1(CC(=O)O)C[C@H](c2cccc(Cl)c2)[C@@H](c2ccc(Cl)cc2)N([C@H](CNS(=O)(=O)C(C)C)C2CC2)C1=O. The summed E-state index contributed by atoms with van der Waals surface area (Å²) in [6.07, 6.45) is 2.09. The van der Waals surface area contributed by atoms with Crippen LogP contribution in [0.3, 0.4) is 0 Å². The molecule has 2 aliphatic rings. The molecule has 0 unspecified atom stereocenters. The van der Waals surface area contributed by atoms with Gasteiger partial charge in [0.1, 0.15) is 0 Å². The number of carboxylic acids is 1. The van der Waals surface area contributed by atoms with E-state index in [1.54, 1.807) is 32.0 Å². The molecule has 10 heteroatoms. The number of piperidine rings is 1. The van der Waals surface area contributed by atoms with E-state index >= 15 is 0 Å². The van der Waals surface area contributed by atoms with Crippen LogP contribution < -0.4 is 4.72 Å². The number of benzene rings is 2. The van der Waals surface area contributed by atoms with Crippen LogP contribution in [0.5, 0.6) is 0 Å². The third-order valence-corrected chi connectivity index (χ3v) is 10.6. The molecular formula is C29H36Cl2N2O5S. The van der Waals surface area contributed by atoms with Crippen LogP contribution in [0.25, 0.3) is 0 Å². The summed E-state index contributed by atoms with van der Waals surface area (Å²) in [5.41, 5.74) is 0.613. The fourth-order valence-corrected chi connectivity index (χ4v) is 6.92. The van der Waals surface area contributed by atoms with Gasteiger partial charge in [-0.2, -0.15) is 0 Å². The Morgan fingerprint density at radius 1 is 1.10 bits per heavy atom. The molecule has 4 atom stereocenters. The van der Waals surface area contributed by atoms with Gasteiger partial charge < -0.3 is 10.0 Å². The Hall–Kier alpha value is -2.13. The summed E-state index contributed by atoms with van der Waals surface area (Å²) < 4.78 is 28.3. The van der Waals surface area contributed by atoms with Gasteiger partial charge in [0.05, 0.1) is 23.1 Å². The smallest absolute Gasteiger partial charge is 0.304 e. The van der Waals surface area contributed by atoms with Crippen molar-refractivity contribution in [2.24, 2.45) is 11.3 Å². The van der Waals surface area contributed by atoms with Crippen LogP contribution >= 0.6 is 23.2 Å². The normalized spacial score (nSPS) is 24.7. The Kier molecular flexibility index (Phi) is 9.01. The number of amides is 1. The Morgan fingerprint density at radius 3 is 2.31 bits per heavy atom. The number of nitrogens with one attached hydrogen (secondary N) is 1. The molecule has 212 valence electrons. The number of carbonyl (C=O) groups is 2. The summed E-state index contributed by atoms with van der Waals surface area (Å²) in [6, 6.07) is 13.9. The number of rotatable bonds is 11. The molecule has 0 radical (unpaired) electrons. The topological polar surface area (TPSA) is 104 Å². The minimum atomic E-state index is -3.58. The van der Waals surface area contributed by atoms with Gasteiger partial charge in [0.25, 0.3) is 0 Å². The highest BCUT2D eigenvalue weighted by molar-refractivity contribution is 7.90. The van der Waals surface area contributed by atoms with Crippen LogP contribution in [0.1, 0.15) is 76.0 Å². The van der Waals surface area contributed by atoms with Crippen molar-refractivity contribution in [3.05, 3.63) is 69.7 Å². The van der Waals surface area contributed by atoms with Crippen molar-refractivity contribution in [3.8, 4) is 0 Å². The molecule has 1 amide bonds. The predicted octanol–water partition coefficient (Wildman–Crippen LogP) is 6.03. The van der Waals surface area contributed by atoms with E-state index in [1.165, 1.54) is 0 Å². The van der Waals surface area contributed by atoms with Gasteiger partial charge in [0.15, 0.2) is 0 Å². The predicted molar refractivity (Wildman–Crippen MR) is 153 cm³/mol. The highest BCUT2D eigenvalue weighted by atomic mass is 35.5. The minimum Gasteiger partial charge on any atom is -0.481 e. The summed E-state index contributed by atoms with van der Waals surface area (Å²) >= 11 is 12.6. The van der Waals surface area contributed by atoms with Gasteiger partial charge in [0.2, 0.25) is 15.9 Å². The summed E-state index contributed by atoms with van der Waals surface area (Å²) in [7, 11) is -3.58. The lowest BCUT2D eigenvalue weighted by Crippen LogP contribution is -2.59. The number of carboxylic acid groups (broad SMARTS) is 1. The summed E-state index contributed by atoms with van der Waals surface area (Å²) in [5.74, 6) is -1.45. The number of likely N-dealkylation sites (tertiary alicyclic amines) is 1. The molecule has 2 aromatic rings. The lowest BCUT2D eigenvalue weighted by molar-refractivity contribution is -0.162. The Labute approximate surface area is 240 Å². The number of nitrogens with zero attached hydrogens (tertiary/aromatic N) is 1. The summed E-state index contributed by atoms with van der Waals surface area (Å²) in [4.78, 5) is 28.5. The molecule has 1 aliphatic heterocycles. The second kappa shape index (κ2) is 11.8. The lowest BCUT2D eigenvalue weighted by atomic mass is 9.64. The largest absolute Gasteiger partial charge is 0.481 e. The monoisotopic (exact) mass is 594 g/mol. The van der Waals surface area contributed by atoms with E-state index in [4.69, 9.17) is 23.2 Å². The molecule has 1 saturated carbocycles. The van der Waals surface area contributed by atoms with Crippen LogP contribution in [0, 0.1) is 11.3 Å². The van der Waals surface area contributed by atoms with E-state index in [-0.39, 0.29) is 30.7 Å². The first kappa shape index (κ1) is 29.8. The third kappa shape index (κ3) is 6.45. The van der Waals surface area contributed by atoms with Crippen LogP contribution in [0.4, 0.5) is 0 Å². The van der Waals surface area contributed by atoms with Crippen LogP contribution in [0.15, 0.2) is 48.5 Å². The molecule has 0 spiro atoms. The molecule has 39 heavy (non-hydrogen) atoms. The summed E-state index contributed by atoms with van der Waals surface area (Å²) in [5, 5.41) is 10.4. The average molecular weight is 596 g/mol. The first-order valence-electron chi connectivity index (χ1n) is 13.4. The van der Waals surface area contributed by atoms with Gasteiger partial charge in [0, 0.05) is 28.5 Å². The van der Waals surface area contributed by atoms with E-state index in [0.717, 1.165) is 24.0 Å². The molecule has 2 aromatic carbocycles. The van der Waals surface area contributed by atoms with Crippen molar-refractivity contribution in [1.82, 2.24) is 9.62 Å². The molecule has 7 nitrogen and oxygen atoms in total. The molecule has 1 aliphatic carbocycles. The average Bonchev–Trinajstić information content (AvgIpc) is 3.71. The van der Waals surface area contributed by atoms with Crippen molar-refractivity contribution < 1.29 is 23.1 Å². The highest BCUT2D eigenvalue weighted by Gasteiger charge is 2.55. The Morgan fingerprint density at radius 2 is 1.77 bits per heavy atom. The molecule has 2 N–H and O–H groups in total. The highest BCUT2D eigenvalue weighted by Crippen LogP contribution is 2.55. The fraction of sp³-hybridized carbons (Fsp3) is 0.517. The van der Waals surface area contributed by atoms with E-state index in [2.05, 4.69) is 4.72 Å². The van der Waals surface area contributed by atoms with Gasteiger partial charge in [-0.25, -0.2) is 13.1 Å². The second-order valence-electron chi connectivity index (χ2n) is 11.1. The first-order chi connectivity index (χ1) is 18.4. The molecule has 0 bridgehead atoms. The molecule has 4 rings (SSSR count).